The normalized spacial score (nSPS) is 10.8. The van der Waals surface area contributed by atoms with Crippen LogP contribution < -0.4 is 4.74 Å². The van der Waals surface area contributed by atoms with E-state index in [2.05, 4.69) is 15.2 Å². The lowest BCUT2D eigenvalue weighted by Gasteiger charge is -2.11. The highest BCUT2D eigenvalue weighted by Crippen LogP contribution is 2.29. The van der Waals surface area contributed by atoms with Crippen LogP contribution in [-0.2, 0) is 0 Å². The van der Waals surface area contributed by atoms with Crippen LogP contribution in [0.1, 0.15) is 30.1 Å². The summed E-state index contributed by atoms with van der Waals surface area (Å²) in [5.41, 5.74) is 2.35. The summed E-state index contributed by atoms with van der Waals surface area (Å²) in [6, 6.07) is 17.2. The molecule has 0 aliphatic heterocycles. The SMILES string of the molecule is CCOc1ccc(-n2c(SCCCC(=O)c3ccc(F)cc3)nnc2-c2ccncc2)cc1. The lowest BCUT2D eigenvalue weighted by atomic mass is 10.1. The first kappa shape index (κ1) is 22.7. The number of carbonyl (C=O) groups excluding carboxylic acids is 1. The van der Waals surface area contributed by atoms with Crippen LogP contribution in [0, 0.1) is 5.82 Å². The zero-order valence-corrected chi connectivity index (χ0v) is 19.0. The molecule has 2 aromatic carbocycles. The van der Waals surface area contributed by atoms with Crippen LogP contribution in [0.2, 0.25) is 0 Å². The fourth-order valence-electron chi connectivity index (χ4n) is 3.32. The van der Waals surface area contributed by atoms with Crippen molar-refractivity contribution in [3.63, 3.8) is 0 Å². The Morgan fingerprint density at radius 1 is 1.00 bits per heavy atom. The number of pyridine rings is 1. The number of ether oxygens (including phenoxy) is 1. The first-order chi connectivity index (χ1) is 16.2. The summed E-state index contributed by atoms with van der Waals surface area (Å²) < 4.78 is 20.6. The van der Waals surface area contributed by atoms with Gasteiger partial charge in [-0.2, -0.15) is 0 Å². The molecule has 2 aromatic heterocycles. The number of rotatable bonds is 10. The minimum atomic E-state index is -0.347. The van der Waals surface area contributed by atoms with Crippen molar-refractivity contribution in [3.05, 3.63) is 84.4 Å². The number of halogens is 1. The number of thioether (sulfide) groups is 1. The summed E-state index contributed by atoms with van der Waals surface area (Å²) in [5, 5.41) is 9.57. The Hall–Kier alpha value is -3.52. The molecule has 0 saturated carbocycles. The molecule has 0 fully saturated rings. The lowest BCUT2D eigenvalue weighted by molar-refractivity contribution is 0.0982. The Bertz CT molecular complexity index is 1200. The first-order valence-corrected chi connectivity index (χ1v) is 11.6. The Morgan fingerprint density at radius 3 is 2.42 bits per heavy atom. The third-order valence-corrected chi connectivity index (χ3v) is 5.94. The van der Waals surface area contributed by atoms with Crippen LogP contribution in [0.5, 0.6) is 5.75 Å². The number of aromatic nitrogens is 4. The van der Waals surface area contributed by atoms with Gasteiger partial charge in [0.15, 0.2) is 16.8 Å². The van der Waals surface area contributed by atoms with Gasteiger partial charge in [-0.25, -0.2) is 4.39 Å². The summed E-state index contributed by atoms with van der Waals surface area (Å²) in [6.07, 6.45) is 4.50. The van der Waals surface area contributed by atoms with Gasteiger partial charge < -0.3 is 4.74 Å². The van der Waals surface area contributed by atoms with Crippen LogP contribution in [0.25, 0.3) is 17.1 Å². The maximum atomic E-state index is 13.1. The summed E-state index contributed by atoms with van der Waals surface area (Å²) in [6.45, 7) is 2.55. The van der Waals surface area contributed by atoms with E-state index in [0.29, 0.717) is 36.6 Å². The van der Waals surface area contributed by atoms with Gasteiger partial charge in [-0.05, 0) is 74.0 Å². The molecule has 168 valence electrons. The minimum Gasteiger partial charge on any atom is -0.494 e. The number of nitrogens with zero attached hydrogens (tertiary/aromatic N) is 4. The van der Waals surface area contributed by atoms with Crippen LogP contribution in [0.15, 0.2) is 78.2 Å². The molecule has 0 aliphatic carbocycles. The second-order valence-electron chi connectivity index (χ2n) is 7.19. The molecule has 33 heavy (non-hydrogen) atoms. The molecule has 0 bridgehead atoms. The Morgan fingerprint density at radius 2 is 1.73 bits per heavy atom. The van der Waals surface area contributed by atoms with Crippen LogP contribution >= 0.6 is 11.8 Å². The molecular formula is C25H23FN4O2S. The van der Waals surface area contributed by atoms with Gasteiger partial charge in [0.05, 0.1) is 6.61 Å². The number of ketones is 1. The highest BCUT2D eigenvalue weighted by Gasteiger charge is 2.16. The topological polar surface area (TPSA) is 69.9 Å². The van der Waals surface area contributed by atoms with Crippen molar-refractivity contribution >= 4 is 17.5 Å². The number of Topliss-reactive ketones (excluding diaryl/α,β-unsaturated/α-hetero) is 1. The molecule has 0 amide bonds. The number of hydrogen-bond acceptors (Lipinski definition) is 6. The van der Waals surface area contributed by atoms with E-state index in [1.807, 2.05) is 47.9 Å². The average molecular weight is 463 g/mol. The minimum absolute atomic E-state index is 0.000976. The maximum absolute atomic E-state index is 13.1. The predicted molar refractivity (Wildman–Crippen MR) is 126 cm³/mol. The van der Waals surface area contributed by atoms with Crippen molar-refractivity contribution in [3.8, 4) is 22.8 Å². The van der Waals surface area contributed by atoms with Gasteiger partial charge in [0, 0.05) is 41.4 Å². The molecule has 0 atom stereocenters. The smallest absolute Gasteiger partial charge is 0.196 e. The summed E-state index contributed by atoms with van der Waals surface area (Å²) in [4.78, 5) is 16.4. The van der Waals surface area contributed by atoms with Crippen molar-refractivity contribution in [1.82, 2.24) is 19.7 Å². The van der Waals surface area contributed by atoms with Crippen molar-refractivity contribution in [2.75, 3.05) is 12.4 Å². The maximum Gasteiger partial charge on any atom is 0.196 e. The molecule has 4 aromatic rings. The number of carbonyl (C=O) groups is 1. The third kappa shape index (κ3) is 5.64. The molecule has 6 nitrogen and oxygen atoms in total. The van der Waals surface area contributed by atoms with E-state index < -0.39 is 0 Å². The number of benzene rings is 2. The van der Waals surface area contributed by atoms with Gasteiger partial charge in [0.1, 0.15) is 11.6 Å². The van der Waals surface area contributed by atoms with E-state index in [1.54, 1.807) is 24.2 Å². The molecular weight excluding hydrogens is 439 g/mol. The van der Waals surface area contributed by atoms with Crippen molar-refractivity contribution < 1.29 is 13.9 Å². The van der Waals surface area contributed by atoms with Gasteiger partial charge in [-0.15, -0.1) is 10.2 Å². The van der Waals surface area contributed by atoms with E-state index in [-0.39, 0.29) is 11.6 Å². The Kier molecular flexibility index (Phi) is 7.47. The quantitative estimate of drug-likeness (QED) is 0.173. The molecule has 0 spiro atoms. The fraction of sp³-hybridized carbons (Fsp3) is 0.200. The summed E-state index contributed by atoms with van der Waals surface area (Å²) in [7, 11) is 0. The van der Waals surface area contributed by atoms with Gasteiger partial charge in [-0.1, -0.05) is 11.8 Å². The highest BCUT2D eigenvalue weighted by atomic mass is 32.2. The van der Waals surface area contributed by atoms with Gasteiger partial charge in [0.25, 0.3) is 0 Å². The fourth-order valence-corrected chi connectivity index (χ4v) is 4.21. The first-order valence-electron chi connectivity index (χ1n) is 10.7. The highest BCUT2D eigenvalue weighted by molar-refractivity contribution is 7.99. The largest absolute Gasteiger partial charge is 0.494 e. The van der Waals surface area contributed by atoms with Crippen molar-refractivity contribution in [2.45, 2.75) is 24.9 Å². The summed E-state index contributed by atoms with van der Waals surface area (Å²) in [5.74, 6) is 1.86. The molecule has 0 N–H and O–H groups in total. The van der Waals surface area contributed by atoms with Gasteiger partial charge in [0.2, 0.25) is 0 Å². The molecule has 0 aliphatic rings. The average Bonchev–Trinajstić information content (AvgIpc) is 3.27. The van der Waals surface area contributed by atoms with E-state index in [1.165, 1.54) is 24.3 Å². The monoisotopic (exact) mass is 462 g/mol. The zero-order valence-electron chi connectivity index (χ0n) is 18.1. The van der Waals surface area contributed by atoms with E-state index >= 15 is 0 Å². The van der Waals surface area contributed by atoms with Crippen LogP contribution in [0.3, 0.4) is 0 Å². The second-order valence-corrected chi connectivity index (χ2v) is 8.25. The zero-order chi connectivity index (χ0) is 23.0. The van der Waals surface area contributed by atoms with Crippen LogP contribution in [-0.4, -0.2) is 37.9 Å². The number of hydrogen-bond donors (Lipinski definition) is 0. The Labute approximate surface area is 195 Å². The second kappa shape index (κ2) is 10.9. The summed E-state index contributed by atoms with van der Waals surface area (Å²) >= 11 is 1.54. The third-order valence-electron chi connectivity index (χ3n) is 4.92. The molecule has 0 unspecified atom stereocenters. The van der Waals surface area contributed by atoms with E-state index in [4.69, 9.17) is 4.74 Å². The molecule has 0 saturated heterocycles. The van der Waals surface area contributed by atoms with Crippen LogP contribution in [0.4, 0.5) is 4.39 Å². The van der Waals surface area contributed by atoms with E-state index in [0.717, 1.165) is 22.2 Å². The predicted octanol–water partition coefficient (Wildman–Crippen LogP) is 5.62. The standard InChI is InChI=1S/C25H23FN4O2S/c1-2-32-22-11-9-21(10-12-22)30-24(19-13-15-27-16-14-19)28-29-25(30)33-17-3-4-23(31)18-5-7-20(26)8-6-18/h5-16H,2-4,17H2,1H3. The lowest BCUT2D eigenvalue weighted by Crippen LogP contribution is -2.02. The molecule has 4 rings (SSSR count). The van der Waals surface area contributed by atoms with E-state index in [9.17, 15) is 9.18 Å². The molecule has 0 radical (unpaired) electrons. The molecule has 2 heterocycles. The van der Waals surface area contributed by atoms with Gasteiger partial charge in [-0.3, -0.25) is 14.3 Å². The Balaban J connectivity index is 1.50. The van der Waals surface area contributed by atoms with Crippen molar-refractivity contribution in [1.29, 1.82) is 0 Å². The van der Waals surface area contributed by atoms with Gasteiger partial charge >= 0.3 is 0 Å². The van der Waals surface area contributed by atoms with Crippen molar-refractivity contribution in [2.24, 2.45) is 0 Å². The molecule has 8 heteroatoms.